The number of aliphatic carboxylic acids is 1. The molecule has 3 atom stereocenters. The van der Waals surface area contributed by atoms with Crippen LogP contribution in [0.15, 0.2) is 36.5 Å². The van der Waals surface area contributed by atoms with Gasteiger partial charge in [-0.2, -0.15) is 13.2 Å². The quantitative estimate of drug-likeness (QED) is 0.914. The van der Waals surface area contributed by atoms with Crippen LogP contribution in [0.2, 0.25) is 0 Å². The molecule has 2 aromatic rings. The lowest BCUT2D eigenvalue weighted by Crippen LogP contribution is -2.33. The summed E-state index contributed by atoms with van der Waals surface area (Å²) in [6, 6.07) is 8.74. The van der Waals surface area contributed by atoms with Gasteiger partial charge in [0.25, 0.3) is 0 Å². The van der Waals surface area contributed by atoms with Gasteiger partial charge in [-0.05, 0) is 19.1 Å². The zero-order valence-corrected chi connectivity index (χ0v) is 13.4. The molecule has 0 radical (unpaired) electrons. The molecule has 0 bridgehead atoms. The molecule has 0 spiro atoms. The Bertz CT molecular complexity index is 747. The summed E-state index contributed by atoms with van der Waals surface area (Å²) in [5, 5.41) is 17.2. The highest BCUT2D eigenvalue weighted by Crippen LogP contribution is 2.40. The minimum absolute atomic E-state index is 0.168. The van der Waals surface area contributed by atoms with Crippen molar-refractivity contribution in [3.63, 3.8) is 0 Å². The summed E-state index contributed by atoms with van der Waals surface area (Å²) in [6.45, 7) is 1.18. The van der Waals surface area contributed by atoms with Crippen molar-refractivity contribution in [3.8, 4) is 5.69 Å². The summed E-state index contributed by atoms with van der Waals surface area (Å²) in [4.78, 5) is 12.7. The number of carboxylic acids is 1. The molecule has 1 aliphatic rings. The first-order valence-electron chi connectivity index (χ1n) is 7.78. The van der Waals surface area contributed by atoms with E-state index in [-0.39, 0.29) is 13.1 Å². The van der Waals surface area contributed by atoms with Crippen molar-refractivity contribution in [2.75, 3.05) is 13.1 Å². The fourth-order valence-electron chi connectivity index (χ4n) is 3.09. The third-order valence-electron chi connectivity index (χ3n) is 4.59. The summed E-state index contributed by atoms with van der Waals surface area (Å²) in [7, 11) is 0. The van der Waals surface area contributed by atoms with E-state index in [1.165, 1.54) is 9.58 Å². The number of carbonyl (C=O) groups is 1. The van der Waals surface area contributed by atoms with Crippen LogP contribution in [0, 0.1) is 11.8 Å². The summed E-state index contributed by atoms with van der Waals surface area (Å²) in [5.41, 5.74) is 1.28. The second-order valence-electron chi connectivity index (χ2n) is 6.15. The van der Waals surface area contributed by atoms with E-state index in [0.717, 1.165) is 5.69 Å². The van der Waals surface area contributed by atoms with Gasteiger partial charge in [0.05, 0.1) is 35.5 Å². The van der Waals surface area contributed by atoms with Crippen LogP contribution in [0.5, 0.6) is 0 Å². The van der Waals surface area contributed by atoms with Crippen LogP contribution in [0.4, 0.5) is 13.2 Å². The number of carboxylic acid groups (broad SMARTS) is 1. The topological polar surface area (TPSA) is 71.2 Å². The van der Waals surface area contributed by atoms with E-state index in [0.29, 0.717) is 5.69 Å². The molecule has 1 aromatic heterocycles. The molecule has 1 fully saturated rings. The van der Waals surface area contributed by atoms with Gasteiger partial charge in [0.15, 0.2) is 0 Å². The van der Waals surface area contributed by atoms with Gasteiger partial charge < -0.3 is 5.11 Å². The number of para-hydroxylation sites is 1. The largest absolute Gasteiger partial charge is 0.481 e. The molecule has 1 unspecified atom stereocenters. The Morgan fingerprint density at radius 2 is 1.96 bits per heavy atom. The number of rotatable bonds is 4. The van der Waals surface area contributed by atoms with Crippen molar-refractivity contribution >= 4 is 5.97 Å². The maximum Gasteiger partial charge on any atom is 0.393 e. The zero-order chi connectivity index (χ0) is 18.2. The van der Waals surface area contributed by atoms with Crippen molar-refractivity contribution in [2.24, 2.45) is 11.8 Å². The molecule has 0 amide bonds. The van der Waals surface area contributed by atoms with Crippen LogP contribution in [-0.2, 0) is 4.79 Å². The van der Waals surface area contributed by atoms with Gasteiger partial charge >= 0.3 is 12.1 Å². The first kappa shape index (κ1) is 17.4. The predicted octanol–water partition coefficient (Wildman–Crippen LogP) is 2.52. The van der Waals surface area contributed by atoms with Gasteiger partial charge in [0.1, 0.15) is 0 Å². The first-order chi connectivity index (χ1) is 11.8. The highest BCUT2D eigenvalue weighted by molar-refractivity contribution is 5.71. The molecule has 25 heavy (non-hydrogen) atoms. The molecule has 1 aromatic carbocycles. The van der Waals surface area contributed by atoms with Crippen molar-refractivity contribution < 1.29 is 23.1 Å². The molecule has 0 saturated carbocycles. The highest BCUT2D eigenvalue weighted by Gasteiger charge is 2.53. The average Bonchev–Trinajstić information content (AvgIpc) is 3.22. The van der Waals surface area contributed by atoms with E-state index in [9.17, 15) is 18.0 Å². The minimum Gasteiger partial charge on any atom is -0.481 e. The Morgan fingerprint density at radius 3 is 2.52 bits per heavy atom. The van der Waals surface area contributed by atoms with Crippen molar-refractivity contribution in [1.82, 2.24) is 19.9 Å². The standard InChI is InChI=1S/C16H17F3N4O2/c1-10(14-9-23(21-20-14)11-5-3-2-4-6-11)22-7-12(15(24)25)13(8-22)16(17,18)19/h2-6,9-10,12-13H,7-8H2,1H3,(H,24,25)/t10?,12-,13-/m1/s1. The monoisotopic (exact) mass is 354 g/mol. The van der Waals surface area contributed by atoms with E-state index in [1.807, 2.05) is 30.3 Å². The Morgan fingerprint density at radius 1 is 1.28 bits per heavy atom. The number of benzene rings is 1. The zero-order valence-electron chi connectivity index (χ0n) is 13.4. The number of halogens is 3. The fraction of sp³-hybridized carbons (Fsp3) is 0.438. The van der Waals surface area contributed by atoms with Crippen LogP contribution in [0.3, 0.4) is 0 Å². The third kappa shape index (κ3) is 3.51. The molecule has 9 heteroatoms. The van der Waals surface area contributed by atoms with E-state index < -0.39 is 30.0 Å². The average molecular weight is 354 g/mol. The SMILES string of the molecule is CC(c1cn(-c2ccccc2)nn1)N1C[C@@H](C(F)(F)F)[C@H](C(=O)O)C1. The van der Waals surface area contributed by atoms with Gasteiger partial charge in [-0.15, -0.1) is 5.10 Å². The Balaban J connectivity index is 1.79. The number of hydrogen-bond donors (Lipinski definition) is 1. The lowest BCUT2D eigenvalue weighted by atomic mass is 9.96. The number of likely N-dealkylation sites (tertiary alicyclic amines) is 1. The van der Waals surface area contributed by atoms with Crippen molar-refractivity contribution in [2.45, 2.75) is 19.1 Å². The number of hydrogen-bond acceptors (Lipinski definition) is 4. The summed E-state index contributed by atoms with van der Waals surface area (Å²) in [6.07, 6.45) is -2.89. The Hall–Kier alpha value is -2.42. The number of alkyl halides is 3. The van der Waals surface area contributed by atoms with E-state index in [2.05, 4.69) is 10.3 Å². The molecule has 2 heterocycles. The molecule has 1 saturated heterocycles. The molecule has 3 rings (SSSR count). The predicted molar refractivity (Wildman–Crippen MR) is 82.0 cm³/mol. The van der Waals surface area contributed by atoms with Gasteiger partial charge in [0, 0.05) is 13.1 Å². The number of aromatic nitrogens is 3. The third-order valence-corrected chi connectivity index (χ3v) is 4.59. The Kier molecular flexibility index (Phi) is 4.51. The van der Waals surface area contributed by atoms with Gasteiger partial charge in [-0.1, -0.05) is 23.4 Å². The highest BCUT2D eigenvalue weighted by atomic mass is 19.4. The lowest BCUT2D eigenvalue weighted by Gasteiger charge is -2.22. The van der Waals surface area contributed by atoms with Gasteiger partial charge in [-0.25, -0.2) is 4.68 Å². The van der Waals surface area contributed by atoms with E-state index >= 15 is 0 Å². The van der Waals surface area contributed by atoms with Crippen molar-refractivity contribution in [1.29, 1.82) is 0 Å². The van der Waals surface area contributed by atoms with Crippen LogP contribution in [-0.4, -0.2) is 50.2 Å². The Labute approximate surface area is 141 Å². The molecule has 0 aliphatic carbocycles. The fourth-order valence-corrected chi connectivity index (χ4v) is 3.09. The molecular weight excluding hydrogens is 337 g/mol. The molecule has 1 N–H and O–H groups in total. The van der Waals surface area contributed by atoms with Crippen LogP contribution >= 0.6 is 0 Å². The van der Waals surface area contributed by atoms with Crippen molar-refractivity contribution in [3.05, 3.63) is 42.2 Å². The molecule has 6 nitrogen and oxygen atoms in total. The summed E-state index contributed by atoms with van der Waals surface area (Å²) < 4.78 is 40.9. The smallest absolute Gasteiger partial charge is 0.393 e. The summed E-state index contributed by atoms with van der Waals surface area (Å²) >= 11 is 0. The van der Waals surface area contributed by atoms with Crippen LogP contribution in [0.1, 0.15) is 18.7 Å². The molecule has 1 aliphatic heterocycles. The molecule has 134 valence electrons. The van der Waals surface area contributed by atoms with Gasteiger partial charge in [0.2, 0.25) is 0 Å². The second-order valence-corrected chi connectivity index (χ2v) is 6.15. The van der Waals surface area contributed by atoms with Crippen LogP contribution in [0.25, 0.3) is 5.69 Å². The van der Waals surface area contributed by atoms with Gasteiger partial charge in [-0.3, -0.25) is 9.69 Å². The normalized spacial score (nSPS) is 22.9. The second kappa shape index (κ2) is 6.47. The van der Waals surface area contributed by atoms with E-state index in [1.54, 1.807) is 13.1 Å². The number of nitrogens with zero attached hydrogens (tertiary/aromatic N) is 4. The van der Waals surface area contributed by atoms with Crippen LogP contribution < -0.4 is 0 Å². The lowest BCUT2D eigenvalue weighted by molar-refractivity contribution is -0.188. The summed E-state index contributed by atoms with van der Waals surface area (Å²) in [5.74, 6) is -4.77. The first-order valence-corrected chi connectivity index (χ1v) is 7.78. The maximum absolute atomic E-state index is 13.1. The maximum atomic E-state index is 13.1. The molecular formula is C16H17F3N4O2. The minimum atomic E-state index is -4.54. The van der Waals surface area contributed by atoms with E-state index in [4.69, 9.17) is 5.11 Å².